The van der Waals surface area contributed by atoms with Gasteiger partial charge in [0.2, 0.25) is 0 Å². The summed E-state index contributed by atoms with van der Waals surface area (Å²) in [6, 6.07) is 15.4. The number of fused-ring (bicyclic) bond motifs is 2. The van der Waals surface area contributed by atoms with Crippen molar-refractivity contribution in [1.82, 2.24) is 10.6 Å². The number of ether oxygens (including phenoxy) is 1. The predicted octanol–water partition coefficient (Wildman–Crippen LogP) is 3.42. The van der Waals surface area contributed by atoms with Crippen molar-refractivity contribution in [3.05, 3.63) is 59.3 Å². The molecule has 2 aromatic carbocycles. The van der Waals surface area contributed by atoms with Gasteiger partial charge >= 0.3 is 0 Å². The molecule has 2 heterocycles. The van der Waals surface area contributed by atoms with Crippen LogP contribution in [-0.4, -0.2) is 26.9 Å². The lowest BCUT2D eigenvalue weighted by Gasteiger charge is -2.21. The molecule has 0 aromatic heterocycles. The van der Waals surface area contributed by atoms with Crippen molar-refractivity contribution in [3.63, 3.8) is 0 Å². The Balaban J connectivity index is 1.80. The van der Waals surface area contributed by atoms with Gasteiger partial charge in [-0.2, -0.15) is 0 Å². The van der Waals surface area contributed by atoms with E-state index in [1.807, 2.05) is 7.05 Å². The number of rotatable bonds is 3. The van der Waals surface area contributed by atoms with Gasteiger partial charge in [0.1, 0.15) is 6.73 Å². The maximum Gasteiger partial charge on any atom is 0.117 e. The van der Waals surface area contributed by atoms with Gasteiger partial charge in [0, 0.05) is 36.0 Å². The third-order valence-electron chi connectivity index (χ3n) is 5.00. The van der Waals surface area contributed by atoms with E-state index in [-0.39, 0.29) is 0 Å². The quantitative estimate of drug-likeness (QED) is 0.804. The van der Waals surface area contributed by atoms with E-state index in [2.05, 4.69) is 65.3 Å². The monoisotopic (exact) mass is 335 g/mol. The van der Waals surface area contributed by atoms with Crippen LogP contribution in [0.3, 0.4) is 0 Å². The Morgan fingerprint density at radius 3 is 2.88 bits per heavy atom. The molecule has 0 fully saturated rings. The minimum absolute atomic E-state index is 0.489. The van der Waals surface area contributed by atoms with E-state index >= 15 is 0 Å². The molecule has 0 bridgehead atoms. The first-order valence-electron chi connectivity index (χ1n) is 8.93. The van der Waals surface area contributed by atoms with Crippen LogP contribution < -0.4 is 16.0 Å². The van der Waals surface area contributed by atoms with Crippen LogP contribution in [0.15, 0.2) is 48.2 Å². The number of hydrogen-bond acceptors (Lipinski definition) is 4. The Morgan fingerprint density at radius 2 is 2.00 bits per heavy atom. The topological polar surface area (TPSA) is 45.3 Å². The maximum absolute atomic E-state index is 5.71. The van der Waals surface area contributed by atoms with Crippen molar-refractivity contribution >= 4 is 11.3 Å². The van der Waals surface area contributed by atoms with Gasteiger partial charge in [0.15, 0.2) is 0 Å². The molecule has 2 aliphatic rings. The molecule has 0 radical (unpaired) electrons. The summed E-state index contributed by atoms with van der Waals surface area (Å²) in [5.41, 5.74) is 8.88. The summed E-state index contributed by atoms with van der Waals surface area (Å²) >= 11 is 0. The van der Waals surface area contributed by atoms with Gasteiger partial charge in [-0.1, -0.05) is 31.2 Å². The molecule has 4 rings (SSSR count). The molecular formula is C21H25N3O. The van der Waals surface area contributed by atoms with Crippen LogP contribution in [0, 0.1) is 5.92 Å². The highest BCUT2D eigenvalue weighted by Crippen LogP contribution is 2.38. The molecule has 0 saturated carbocycles. The number of hydrogen-bond donors (Lipinski definition) is 3. The Hall–Kier alpha value is -2.30. The third-order valence-corrected chi connectivity index (χ3v) is 5.00. The highest BCUT2D eigenvalue weighted by molar-refractivity contribution is 5.84. The first-order chi connectivity index (χ1) is 12.3. The lowest BCUT2D eigenvalue weighted by Crippen LogP contribution is -2.18. The summed E-state index contributed by atoms with van der Waals surface area (Å²) in [5.74, 6) is 0.489. The fourth-order valence-corrected chi connectivity index (χ4v) is 3.78. The van der Waals surface area contributed by atoms with Gasteiger partial charge < -0.3 is 20.7 Å². The van der Waals surface area contributed by atoms with Crippen molar-refractivity contribution in [2.45, 2.75) is 13.5 Å². The van der Waals surface area contributed by atoms with Crippen LogP contribution in [0.1, 0.15) is 18.1 Å². The van der Waals surface area contributed by atoms with E-state index in [0.717, 1.165) is 18.8 Å². The van der Waals surface area contributed by atoms with E-state index in [0.29, 0.717) is 19.3 Å². The summed E-state index contributed by atoms with van der Waals surface area (Å²) in [7, 11) is 1.98. The van der Waals surface area contributed by atoms with Gasteiger partial charge in [-0.15, -0.1) is 0 Å². The van der Waals surface area contributed by atoms with Crippen LogP contribution in [0.4, 0.5) is 5.69 Å². The lowest BCUT2D eigenvalue weighted by atomic mass is 9.90. The van der Waals surface area contributed by atoms with Crippen molar-refractivity contribution in [2.75, 3.05) is 32.2 Å². The minimum Gasteiger partial charge on any atom is -0.386 e. The second-order valence-electron chi connectivity index (χ2n) is 6.83. The van der Waals surface area contributed by atoms with Crippen molar-refractivity contribution in [2.24, 2.45) is 5.92 Å². The SMILES string of the molecule is CNCc1cccc(-c2ccc3c(c2)C2=C(COCN3)NCC2C)c1. The van der Waals surface area contributed by atoms with E-state index in [1.165, 1.54) is 33.5 Å². The van der Waals surface area contributed by atoms with Crippen molar-refractivity contribution in [3.8, 4) is 11.1 Å². The molecule has 1 unspecified atom stereocenters. The average molecular weight is 335 g/mol. The average Bonchev–Trinajstić information content (AvgIpc) is 2.97. The summed E-state index contributed by atoms with van der Waals surface area (Å²) < 4.78 is 5.71. The molecular weight excluding hydrogens is 310 g/mol. The first kappa shape index (κ1) is 16.2. The minimum atomic E-state index is 0.489. The fraction of sp³-hybridized carbons (Fsp3) is 0.333. The second kappa shape index (κ2) is 6.90. The van der Waals surface area contributed by atoms with Gasteiger partial charge in [-0.25, -0.2) is 0 Å². The molecule has 0 spiro atoms. The maximum atomic E-state index is 5.71. The normalized spacial score (nSPS) is 19.4. The van der Waals surface area contributed by atoms with E-state index in [4.69, 9.17) is 4.74 Å². The molecule has 1 atom stereocenters. The van der Waals surface area contributed by atoms with E-state index in [1.54, 1.807) is 0 Å². The Labute approximate surface area is 149 Å². The van der Waals surface area contributed by atoms with Crippen LogP contribution >= 0.6 is 0 Å². The van der Waals surface area contributed by atoms with Crippen LogP contribution in [0.2, 0.25) is 0 Å². The highest BCUT2D eigenvalue weighted by Gasteiger charge is 2.26. The number of benzene rings is 2. The van der Waals surface area contributed by atoms with E-state index < -0.39 is 0 Å². The number of nitrogens with one attached hydrogen (secondary N) is 3. The molecule has 4 heteroatoms. The van der Waals surface area contributed by atoms with E-state index in [9.17, 15) is 0 Å². The van der Waals surface area contributed by atoms with Gasteiger partial charge in [0.05, 0.1) is 6.61 Å². The molecule has 2 aromatic rings. The predicted molar refractivity (Wildman–Crippen MR) is 103 cm³/mol. The molecule has 0 saturated heterocycles. The third kappa shape index (κ3) is 3.15. The van der Waals surface area contributed by atoms with Crippen LogP contribution in [-0.2, 0) is 11.3 Å². The van der Waals surface area contributed by atoms with Gasteiger partial charge in [-0.3, -0.25) is 0 Å². The molecule has 25 heavy (non-hydrogen) atoms. The Kier molecular flexibility index (Phi) is 4.47. The Morgan fingerprint density at radius 1 is 1.12 bits per heavy atom. The molecule has 130 valence electrons. The zero-order valence-electron chi connectivity index (χ0n) is 14.9. The first-order valence-corrected chi connectivity index (χ1v) is 8.93. The lowest BCUT2D eigenvalue weighted by molar-refractivity contribution is 0.172. The zero-order valence-corrected chi connectivity index (χ0v) is 14.9. The van der Waals surface area contributed by atoms with Gasteiger partial charge in [0.25, 0.3) is 0 Å². The van der Waals surface area contributed by atoms with Gasteiger partial charge in [-0.05, 0) is 47.5 Å². The van der Waals surface area contributed by atoms with Crippen LogP contribution in [0.25, 0.3) is 16.7 Å². The standard InChI is InChI=1S/C21H25N3O/c1-14-10-23-20-12-25-13-24-19-7-6-17(9-18(19)21(14)20)16-5-3-4-15(8-16)11-22-2/h3-9,14,22-24H,10-13H2,1-2H3. The van der Waals surface area contributed by atoms with Crippen LogP contribution in [0.5, 0.6) is 0 Å². The smallest absolute Gasteiger partial charge is 0.117 e. The summed E-state index contributed by atoms with van der Waals surface area (Å²) in [6.45, 7) is 5.33. The molecule has 2 aliphatic heterocycles. The molecule has 0 aliphatic carbocycles. The largest absolute Gasteiger partial charge is 0.386 e. The highest BCUT2D eigenvalue weighted by atomic mass is 16.5. The molecule has 0 amide bonds. The Bertz CT molecular complexity index is 813. The zero-order chi connectivity index (χ0) is 17.2. The second-order valence-corrected chi connectivity index (χ2v) is 6.83. The summed E-state index contributed by atoms with van der Waals surface area (Å²) in [6.07, 6.45) is 0. The van der Waals surface area contributed by atoms with Crippen molar-refractivity contribution in [1.29, 1.82) is 0 Å². The summed E-state index contributed by atoms with van der Waals surface area (Å²) in [4.78, 5) is 0. The molecule has 3 N–H and O–H groups in total. The number of anilines is 1. The molecule has 4 nitrogen and oxygen atoms in total. The summed E-state index contributed by atoms with van der Waals surface area (Å²) in [5, 5.41) is 10.2. The van der Waals surface area contributed by atoms with Crippen molar-refractivity contribution < 1.29 is 4.74 Å². The fourth-order valence-electron chi connectivity index (χ4n) is 3.78.